The minimum atomic E-state index is -0.547. The zero-order valence-corrected chi connectivity index (χ0v) is 14.8. The van der Waals surface area contributed by atoms with Crippen molar-refractivity contribution in [3.8, 4) is 5.75 Å². The van der Waals surface area contributed by atoms with Crippen LogP contribution in [0, 0.1) is 13.8 Å². The molecule has 0 saturated carbocycles. The number of hydrogen-bond donors (Lipinski definition) is 1. The van der Waals surface area contributed by atoms with Crippen molar-refractivity contribution >= 4 is 27.7 Å². The molecule has 2 nitrogen and oxygen atoms in total. The summed E-state index contributed by atoms with van der Waals surface area (Å²) in [5, 5.41) is 10.5. The van der Waals surface area contributed by atoms with Crippen molar-refractivity contribution in [2.75, 3.05) is 12.9 Å². The topological polar surface area (TPSA) is 29.5 Å². The molecule has 1 atom stereocenters. The maximum atomic E-state index is 10.5. The summed E-state index contributed by atoms with van der Waals surface area (Å²) in [5.41, 5.74) is 3.09. The zero-order chi connectivity index (χ0) is 15.4. The Hall–Kier alpha value is -0.970. The fourth-order valence-corrected chi connectivity index (χ4v) is 3.43. The van der Waals surface area contributed by atoms with Gasteiger partial charge in [-0.2, -0.15) is 0 Å². The molecule has 0 fully saturated rings. The summed E-state index contributed by atoms with van der Waals surface area (Å²) in [6.07, 6.45) is -0.547. The summed E-state index contributed by atoms with van der Waals surface area (Å²) < 4.78 is 6.48. The molecule has 0 aliphatic heterocycles. The lowest BCUT2D eigenvalue weighted by Crippen LogP contribution is -2.06. The fourth-order valence-electron chi connectivity index (χ4n) is 2.33. The molecule has 0 heterocycles. The smallest absolute Gasteiger partial charge is 0.125 e. The molecular weight excluding hydrogens is 348 g/mol. The Morgan fingerprint density at radius 3 is 2.48 bits per heavy atom. The second-order valence-corrected chi connectivity index (χ2v) is 6.99. The second-order valence-electron chi connectivity index (χ2n) is 4.98. The highest BCUT2D eigenvalue weighted by molar-refractivity contribution is 9.10. The van der Waals surface area contributed by atoms with Gasteiger partial charge in [0.2, 0.25) is 0 Å². The molecule has 1 N–H and O–H groups in total. The summed E-state index contributed by atoms with van der Waals surface area (Å²) in [4.78, 5) is 1.14. The van der Waals surface area contributed by atoms with E-state index in [1.165, 1.54) is 0 Å². The van der Waals surface area contributed by atoms with Gasteiger partial charge in [-0.25, -0.2) is 0 Å². The molecule has 112 valence electrons. The van der Waals surface area contributed by atoms with Gasteiger partial charge in [0.1, 0.15) is 5.75 Å². The minimum absolute atomic E-state index is 0.547. The lowest BCUT2D eigenvalue weighted by molar-refractivity contribution is 0.198. The highest BCUT2D eigenvalue weighted by Gasteiger charge is 2.17. The fraction of sp³-hybridized carbons (Fsp3) is 0.294. The number of methoxy groups -OCH3 is 1. The van der Waals surface area contributed by atoms with E-state index in [0.717, 1.165) is 31.8 Å². The van der Waals surface area contributed by atoms with E-state index in [1.807, 2.05) is 44.2 Å². The number of hydrogen-bond acceptors (Lipinski definition) is 3. The monoisotopic (exact) mass is 366 g/mol. The summed E-state index contributed by atoms with van der Waals surface area (Å²) in [6, 6.07) is 12.1. The number of ether oxygens (including phenoxy) is 1. The van der Waals surface area contributed by atoms with Crippen molar-refractivity contribution in [2.24, 2.45) is 0 Å². The number of thioether (sulfide) groups is 1. The maximum absolute atomic E-state index is 10.5. The molecule has 0 amide bonds. The molecule has 4 heteroatoms. The second kappa shape index (κ2) is 7.34. The van der Waals surface area contributed by atoms with E-state index in [2.05, 4.69) is 22.0 Å². The van der Waals surface area contributed by atoms with Crippen LogP contribution < -0.4 is 4.74 Å². The van der Waals surface area contributed by atoms with E-state index in [9.17, 15) is 5.11 Å². The minimum Gasteiger partial charge on any atom is -0.496 e. The van der Waals surface area contributed by atoms with E-state index in [1.54, 1.807) is 18.9 Å². The van der Waals surface area contributed by atoms with Crippen LogP contribution >= 0.6 is 27.7 Å². The van der Waals surface area contributed by atoms with Crippen molar-refractivity contribution < 1.29 is 9.84 Å². The van der Waals surface area contributed by atoms with Crippen LogP contribution in [0.15, 0.2) is 45.8 Å². The quantitative estimate of drug-likeness (QED) is 0.763. The van der Waals surface area contributed by atoms with Gasteiger partial charge < -0.3 is 9.84 Å². The van der Waals surface area contributed by atoms with Crippen molar-refractivity contribution in [3.05, 3.63) is 57.6 Å². The molecule has 0 bridgehead atoms. The van der Waals surface area contributed by atoms with Crippen LogP contribution in [0.3, 0.4) is 0 Å². The molecule has 0 saturated heterocycles. The predicted octanol–water partition coefficient (Wildman–Crippen LogP) is 4.90. The van der Waals surface area contributed by atoms with Crippen LogP contribution in [0.2, 0.25) is 0 Å². The van der Waals surface area contributed by atoms with Gasteiger partial charge in [-0.3, -0.25) is 0 Å². The number of aliphatic hydroxyl groups excluding tert-OH is 1. The molecule has 0 aliphatic rings. The third kappa shape index (κ3) is 4.25. The van der Waals surface area contributed by atoms with Crippen LogP contribution in [0.4, 0.5) is 0 Å². The van der Waals surface area contributed by atoms with E-state index >= 15 is 0 Å². The molecule has 0 spiro atoms. The van der Waals surface area contributed by atoms with E-state index in [4.69, 9.17) is 4.74 Å². The Balaban J connectivity index is 2.13. The first-order chi connectivity index (χ1) is 10.0. The molecule has 0 aromatic heterocycles. The van der Waals surface area contributed by atoms with Crippen LogP contribution in [0.25, 0.3) is 0 Å². The molecule has 21 heavy (non-hydrogen) atoms. The third-order valence-corrected chi connectivity index (χ3v) is 4.88. The van der Waals surface area contributed by atoms with Crippen molar-refractivity contribution in [2.45, 2.75) is 24.8 Å². The van der Waals surface area contributed by atoms with Gasteiger partial charge in [0.15, 0.2) is 0 Å². The van der Waals surface area contributed by atoms with E-state index < -0.39 is 6.10 Å². The van der Waals surface area contributed by atoms with Gasteiger partial charge in [0.05, 0.1) is 13.2 Å². The largest absolute Gasteiger partial charge is 0.496 e. The third-order valence-electron chi connectivity index (χ3n) is 3.27. The first kappa shape index (κ1) is 16.4. The zero-order valence-electron chi connectivity index (χ0n) is 12.4. The standard InChI is InChI=1S/C17H19BrO2S/c1-11-8-12(2)17(16(9-11)20-3)15(19)10-21-14-6-4-13(18)5-7-14/h4-9,15,19H,10H2,1-3H3. The molecule has 2 aromatic rings. The number of rotatable bonds is 5. The number of aliphatic hydroxyl groups is 1. The molecule has 2 rings (SSSR count). The first-order valence-corrected chi connectivity index (χ1v) is 8.50. The van der Waals surface area contributed by atoms with Gasteiger partial charge >= 0.3 is 0 Å². The summed E-state index contributed by atoms with van der Waals surface area (Å²) in [5.74, 6) is 1.36. The summed E-state index contributed by atoms with van der Waals surface area (Å²) >= 11 is 5.06. The van der Waals surface area contributed by atoms with Crippen molar-refractivity contribution in [3.63, 3.8) is 0 Å². The highest BCUT2D eigenvalue weighted by Crippen LogP contribution is 2.33. The molecule has 0 aliphatic carbocycles. The van der Waals surface area contributed by atoms with E-state index in [-0.39, 0.29) is 0 Å². The summed E-state index contributed by atoms with van der Waals surface area (Å²) in [7, 11) is 1.65. The lowest BCUT2D eigenvalue weighted by atomic mass is 10.0. The van der Waals surface area contributed by atoms with Crippen LogP contribution in [-0.2, 0) is 0 Å². The lowest BCUT2D eigenvalue weighted by Gasteiger charge is -2.18. The Labute approximate surface area is 138 Å². The molecule has 1 unspecified atom stereocenters. The van der Waals surface area contributed by atoms with Crippen molar-refractivity contribution in [1.82, 2.24) is 0 Å². The Kier molecular flexibility index (Phi) is 5.73. The SMILES string of the molecule is COc1cc(C)cc(C)c1C(O)CSc1ccc(Br)cc1. The maximum Gasteiger partial charge on any atom is 0.125 e. The van der Waals surface area contributed by atoms with Gasteiger partial charge in [-0.15, -0.1) is 11.8 Å². The predicted molar refractivity (Wildman–Crippen MR) is 92.3 cm³/mol. The van der Waals surface area contributed by atoms with Crippen LogP contribution in [0.5, 0.6) is 5.75 Å². The molecular formula is C17H19BrO2S. The van der Waals surface area contributed by atoms with Crippen LogP contribution in [0.1, 0.15) is 22.8 Å². The molecule has 2 aromatic carbocycles. The number of halogens is 1. The average molecular weight is 367 g/mol. The Morgan fingerprint density at radius 2 is 1.86 bits per heavy atom. The van der Waals surface area contributed by atoms with Crippen molar-refractivity contribution in [1.29, 1.82) is 0 Å². The number of aryl methyl sites for hydroxylation is 2. The molecule has 0 radical (unpaired) electrons. The Bertz CT molecular complexity index is 611. The van der Waals surface area contributed by atoms with Gasteiger partial charge in [0.25, 0.3) is 0 Å². The van der Waals surface area contributed by atoms with Gasteiger partial charge in [-0.1, -0.05) is 22.0 Å². The average Bonchev–Trinajstić information content (AvgIpc) is 2.45. The van der Waals surface area contributed by atoms with Crippen LogP contribution in [-0.4, -0.2) is 18.0 Å². The Morgan fingerprint density at radius 1 is 1.19 bits per heavy atom. The highest BCUT2D eigenvalue weighted by atomic mass is 79.9. The summed E-state index contributed by atoms with van der Waals surface area (Å²) in [6.45, 7) is 4.04. The van der Waals surface area contributed by atoms with Gasteiger partial charge in [-0.05, 0) is 55.3 Å². The van der Waals surface area contributed by atoms with E-state index in [0.29, 0.717) is 5.75 Å². The normalized spacial score (nSPS) is 12.2. The first-order valence-electron chi connectivity index (χ1n) is 6.73. The van der Waals surface area contributed by atoms with Gasteiger partial charge in [0, 0.05) is 20.7 Å². The number of benzene rings is 2.